The predicted octanol–water partition coefficient (Wildman–Crippen LogP) is 1.49. The van der Waals surface area contributed by atoms with Crippen LogP contribution >= 0.6 is 0 Å². The Bertz CT molecular complexity index is 480. The first-order chi connectivity index (χ1) is 8.69. The van der Waals surface area contributed by atoms with Crippen molar-refractivity contribution in [2.75, 3.05) is 5.32 Å². The standard InChI is InChI=1S/C13H19N3O3/c1-8(11(17)16-13(2,3)4)15-10-7-9(12(18)19)5-6-14-10/h5-8H,1-4H3,(H,14,15)(H,16,17)(H,18,19). The highest BCUT2D eigenvalue weighted by molar-refractivity contribution is 5.89. The molecule has 0 aromatic carbocycles. The van der Waals surface area contributed by atoms with Crippen molar-refractivity contribution in [3.8, 4) is 0 Å². The highest BCUT2D eigenvalue weighted by Crippen LogP contribution is 2.09. The molecule has 0 aliphatic heterocycles. The van der Waals surface area contributed by atoms with Gasteiger partial charge in [0.25, 0.3) is 0 Å². The lowest BCUT2D eigenvalue weighted by atomic mass is 10.1. The molecule has 0 aliphatic carbocycles. The zero-order valence-corrected chi connectivity index (χ0v) is 11.5. The molecule has 1 aromatic heterocycles. The molecule has 0 aliphatic rings. The molecule has 0 radical (unpaired) electrons. The van der Waals surface area contributed by atoms with Gasteiger partial charge in [0.15, 0.2) is 0 Å². The quantitative estimate of drug-likeness (QED) is 0.767. The lowest BCUT2D eigenvalue weighted by Gasteiger charge is -2.23. The van der Waals surface area contributed by atoms with E-state index in [9.17, 15) is 9.59 Å². The molecule has 3 N–H and O–H groups in total. The second kappa shape index (κ2) is 5.69. The van der Waals surface area contributed by atoms with Gasteiger partial charge >= 0.3 is 5.97 Å². The minimum Gasteiger partial charge on any atom is -0.478 e. The molecule has 1 aromatic rings. The van der Waals surface area contributed by atoms with E-state index in [0.717, 1.165) is 0 Å². The van der Waals surface area contributed by atoms with Crippen LogP contribution in [-0.4, -0.2) is 33.5 Å². The molecule has 19 heavy (non-hydrogen) atoms. The van der Waals surface area contributed by atoms with Crippen molar-refractivity contribution in [2.45, 2.75) is 39.3 Å². The van der Waals surface area contributed by atoms with Crippen molar-refractivity contribution >= 4 is 17.7 Å². The summed E-state index contributed by atoms with van der Waals surface area (Å²) in [6.07, 6.45) is 1.39. The highest BCUT2D eigenvalue weighted by atomic mass is 16.4. The zero-order chi connectivity index (χ0) is 14.6. The molecule has 104 valence electrons. The number of rotatable bonds is 4. The summed E-state index contributed by atoms with van der Waals surface area (Å²) in [6.45, 7) is 7.36. The minimum absolute atomic E-state index is 0.126. The van der Waals surface area contributed by atoms with Crippen LogP contribution in [0.3, 0.4) is 0 Å². The van der Waals surface area contributed by atoms with Gasteiger partial charge in [0.1, 0.15) is 11.9 Å². The van der Waals surface area contributed by atoms with Crippen molar-refractivity contribution in [2.24, 2.45) is 0 Å². The highest BCUT2D eigenvalue weighted by Gasteiger charge is 2.19. The van der Waals surface area contributed by atoms with Crippen LogP contribution in [0.2, 0.25) is 0 Å². The average molecular weight is 265 g/mol. The van der Waals surface area contributed by atoms with Gasteiger partial charge in [-0.15, -0.1) is 0 Å². The Morgan fingerprint density at radius 3 is 2.53 bits per heavy atom. The number of nitrogens with zero attached hydrogens (tertiary/aromatic N) is 1. The number of anilines is 1. The maximum absolute atomic E-state index is 11.9. The second-order valence-corrected chi connectivity index (χ2v) is 5.34. The normalized spacial score (nSPS) is 12.6. The summed E-state index contributed by atoms with van der Waals surface area (Å²) in [6, 6.07) is 2.28. The lowest BCUT2D eigenvalue weighted by Crippen LogP contribution is -2.47. The maximum atomic E-state index is 11.9. The van der Waals surface area contributed by atoms with Crippen molar-refractivity contribution in [1.29, 1.82) is 0 Å². The van der Waals surface area contributed by atoms with Crippen LogP contribution in [-0.2, 0) is 4.79 Å². The number of pyridine rings is 1. The van der Waals surface area contributed by atoms with E-state index < -0.39 is 12.0 Å². The molecule has 0 saturated heterocycles. The first kappa shape index (κ1) is 14.9. The molecule has 1 heterocycles. The number of carbonyl (C=O) groups is 2. The molecule has 1 amide bonds. The third-order valence-corrected chi connectivity index (χ3v) is 2.26. The second-order valence-electron chi connectivity index (χ2n) is 5.34. The van der Waals surface area contributed by atoms with Crippen molar-refractivity contribution in [3.05, 3.63) is 23.9 Å². The van der Waals surface area contributed by atoms with Crippen LogP contribution in [0.15, 0.2) is 18.3 Å². The molecular weight excluding hydrogens is 246 g/mol. The number of hydrogen-bond acceptors (Lipinski definition) is 4. The Labute approximate surface area is 112 Å². The summed E-state index contributed by atoms with van der Waals surface area (Å²) in [7, 11) is 0. The minimum atomic E-state index is -1.03. The van der Waals surface area contributed by atoms with E-state index in [1.165, 1.54) is 18.3 Å². The largest absolute Gasteiger partial charge is 0.478 e. The Hall–Kier alpha value is -2.11. The van der Waals surface area contributed by atoms with Crippen molar-refractivity contribution in [3.63, 3.8) is 0 Å². The van der Waals surface area contributed by atoms with Gasteiger partial charge in [-0.05, 0) is 39.8 Å². The van der Waals surface area contributed by atoms with E-state index >= 15 is 0 Å². The van der Waals surface area contributed by atoms with Gasteiger partial charge in [0.2, 0.25) is 5.91 Å². The van der Waals surface area contributed by atoms with Gasteiger partial charge in [0.05, 0.1) is 5.56 Å². The first-order valence-electron chi connectivity index (χ1n) is 5.97. The molecule has 1 atom stereocenters. The van der Waals surface area contributed by atoms with Gasteiger partial charge in [-0.3, -0.25) is 4.79 Å². The van der Waals surface area contributed by atoms with Gasteiger partial charge in [0, 0.05) is 11.7 Å². The van der Waals surface area contributed by atoms with E-state index in [0.29, 0.717) is 5.82 Å². The third kappa shape index (κ3) is 4.95. The summed E-state index contributed by atoms with van der Waals surface area (Å²) in [4.78, 5) is 26.7. The van der Waals surface area contributed by atoms with Gasteiger partial charge in [-0.1, -0.05) is 0 Å². The van der Waals surface area contributed by atoms with Crippen LogP contribution in [0.5, 0.6) is 0 Å². The van der Waals surface area contributed by atoms with Crippen LogP contribution in [0.4, 0.5) is 5.82 Å². The van der Waals surface area contributed by atoms with Crippen LogP contribution in [0.25, 0.3) is 0 Å². The van der Waals surface area contributed by atoms with Gasteiger partial charge in [-0.25, -0.2) is 9.78 Å². The summed E-state index contributed by atoms with van der Waals surface area (Å²) >= 11 is 0. The summed E-state index contributed by atoms with van der Waals surface area (Å²) < 4.78 is 0. The maximum Gasteiger partial charge on any atom is 0.335 e. The molecule has 6 heteroatoms. The molecule has 1 unspecified atom stereocenters. The van der Waals surface area contributed by atoms with Crippen LogP contribution in [0, 0.1) is 0 Å². The van der Waals surface area contributed by atoms with E-state index in [4.69, 9.17) is 5.11 Å². The number of carboxylic acids is 1. The Morgan fingerprint density at radius 1 is 1.37 bits per heavy atom. The molecule has 0 fully saturated rings. The molecule has 0 saturated carbocycles. The molecule has 0 bridgehead atoms. The van der Waals surface area contributed by atoms with E-state index in [-0.39, 0.29) is 17.0 Å². The Kier molecular flexibility index (Phi) is 4.47. The Morgan fingerprint density at radius 2 is 2.00 bits per heavy atom. The molecular formula is C13H19N3O3. The fraction of sp³-hybridized carbons (Fsp3) is 0.462. The van der Waals surface area contributed by atoms with Crippen LogP contribution < -0.4 is 10.6 Å². The lowest BCUT2D eigenvalue weighted by molar-refractivity contribution is -0.122. The number of amides is 1. The number of aromatic carboxylic acids is 1. The summed E-state index contributed by atoms with van der Waals surface area (Å²) in [5.74, 6) is -0.844. The summed E-state index contributed by atoms with van der Waals surface area (Å²) in [5.41, 5.74) is -0.190. The monoisotopic (exact) mass is 265 g/mol. The third-order valence-electron chi connectivity index (χ3n) is 2.26. The zero-order valence-electron chi connectivity index (χ0n) is 11.5. The fourth-order valence-corrected chi connectivity index (χ4v) is 1.41. The van der Waals surface area contributed by atoms with Crippen molar-refractivity contribution < 1.29 is 14.7 Å². The van der Waals surface area contributed by atoms with E-state index in [1.807, 2.05) is 20.8 Å². The fourth-order valence-electron chi connectivity index (χ4n) is 1.41. The number of nitrogens with one attached hydrogen (secondary N) is 2. The number of aromatic nitrogens is 1. The molecule has 0 spiro atoms. The van der Waals surface area contributed by atoms with Gasteiger partial charge < -0.3 is 15.7 Å². The Balaban J connectivity index is 2.71. The summed E-state index contributed by atoms with van der Waals surface area (Å²) in [5, 5.41) is 14.6. The molecule has 1 rings (SSSR count). The number of hydrogen-bond donors (Lipinski definition) is 3. The predicted molar refractivity (Wildman–Crippen MR) is 72.2 cm³/mol. The average Bonchev–Trinajstić information content (AvgIpc) is 2.27. The smallest absolute Gasteiger partial charge is 0.335 e. The van der Waals surface area contributed by atoms with Crippen molar-refractivity contribution in [1.82, 2.24) is 10.3 Å². The van der Waals surface area contributed by atoms with E-state index in [1.54, 1.807) is 6.92 Å². The molecule has 6 nitrogen and oxygen atoms in total. The van der Waals surface area contributed by atoms with Crippen LogP contribution in [0.1, 0.15) is 38.1 Å². The number of carboxylic acid groups (broad SMARTS) is 1. The van der Waals surface area contributed by atoms with E-state index in [2.05, 4.69) is 15.6 Å². The van der Waals surface area contributed by atoms with Gasteiger partial charge in [-0.2, -0.15) is 0 Å². The number of carbonyl (C=O) groups excluding carboxylic acids is 1. The SMILES string of the molecule is CC(Nc1cc(C(=O)O)ccn1)C(=O)NC(C)(C)C. The first-order valence-corrected chi connectivity index (χ1v) is 5.97. The topological polar surface area (TPSA) is 91.3 Å².